The first-order valence-electron chi connectivity index (χ1n) is 6.72. The third kappa shape index (κ3) is 2.02. The SMILES string of the molecule is O=C1NCC2CN(C3CCCCC3O)CCN12. The molecule has 5 heteroatoms. The van der Waals surface area contributed by atoms with E-state index in [2.05, 4.69) is 10.2 Å². The maximum Gasteiger partial charge on any atom is 0.317 e. The number of amides is 2. The number of carbonyl (C=O) groups excluding carboxylic acids is 1. The van der Waals surface area contributed by atoms with Crippen LogP contribution >= 0.6 is 0 Å². The fraction of sp³-hybridized carbons (Fsp3) is 0.917. The second-order valence-electron chi connectivity index (χ2n) is 5.45. The van der Waals surface area contributed by atoms with Gasteiger partial charge in [0.25, 0.3) is 0 Å². The lowest BCUT2D eigenvalue weighted by Gasteiger charge is -2.43. The van der Waals surface area contributed by atoms with Crippen molar-refractivity contribution in [2.24, 2.45) is 0 Å². The first kappa shape index (κ1) is 11.3. The molecule has 3 rings (SSSR count). The molecule has 0 aromatic carbocycles. The van der Waals surface area contributed by atoms with Gasteiger partial charge in [-0.3, -0.25) is 4.90 Å². The van der Waals surface area contributed by atoms with Gasteiger partial charge >= 0.3 is 6.03 Å². The van der Waals surface area contributed by atoms with Crippen LogP contribution in [0.15, 0.2) is 0 Å². The number of nitrogens with one attached hydrogen (secondary N) is 1. The van der Waals surface area contributed by atoms with E-state index in [0.29, 0.717) is 12.1 Å². The molecule has 0 radical (unpaired) electrons. The number of aliphatic hydroxyl groups is 1. The summed E-state index contributed by atoms with van der Waals surface area (Å²) in [7, 11) is 0. The second-order valence-corrected chi connectivity index (χ2v) is 5.45. The number of aliphatic hydroxyl groups excluding tert-OH is 1. The van der Waals surface area contributed by atoms with Gasteiger partial charge < -0.3 is 15.3 Å². The Morgan fingerprint density at radius 3 is 2.88 bits per heavy atom. The van der Waals surface area contributed by atoms with Crippen molar-refractivity contribution in [3.63, 3.8) is 0 Å². The predicted molar refractivity (Wildman–Crippen MR) is 63.7 cm³/mol. The van der Waals surface area contributed by atoms with E-state index in [1.54, 1.807) is 0 Å². The number of piperazine rings is 1. The number of fused-ring (bicyclic) bond motifs is 1. The van der Waals surface area contributed by atoms with Gasteiger partial charge in [-0.1, -0.05) is 12.8 Å². The van der Waals surface area contributed by atoms with E-state index < -0.39 is 0 Å². The third-order valence-electron chi connectivity index (χ3n) is 4.43. The molecule has 2 amide bonds. The summed E-state index contributed by atoms with van der Waals surface area (Å²) in [4.78, 5) is 15.8. The molecular weight excluding hydrogens is 218 g/mol. The van der Waals surface area contributed by atoms with E-state index in [9.17, 15) is 9.90 Å². The van der Waals surface area contributed by atoms with Gasteiger partial charge in [0.1, 0.15) is 0 Å². The minimum atomic E-state index is -0.166. The standard InChI is InChI=1S/C12H21N3O2/c16-11-4-2-1-3-10(11)14-5-6-15-9(8-14)7-13-12(15)17/h9-11,16H,1-8H2,(H,13,17). The van der Waals surface area contributed by atoms with E-state index >= 15 is 0 Å². The van der Waals surface area contributed by atoms with Crippen LogP contribution in [0.1, 0.15) is 25.7 Å². The van der Waals surface area contributed by atoms with Crippen molar-refractivity contribution >= 4 is 6.03 Å². The fourth-order valence-electron chi connectivity index (χ4n) is 3.45. The van der Waals surface area contributed by atoms with Crippen LogP contribution in [0.2, 0.25) is 0 Å². The van der Waals surface area contributed by atoms with Gasteiger partial charge in [-0.25, -0.2) is 4.79 Å². The highest BCUT2D eigenvalue weighted by atomic mass is 16.3. The van der Waals surface area contributed by atoms with Gasteiger partial charge in [0, 0.05) is 32.2 Å². The van der Waals surface area contributed by atoms with E-state index in [0.717, 1.165) is 45.4 Å². The zero-order valence-electron chi connectivity index (χ0n) is 10.1. The number of carbonyl (C=O) groups is 1. The molecule has 96 valence electrons. The lowest BCUT2D eigenvalue weighted by molar-refractivity contribution is -0.00647. The van der Waals surface area contributed by atoms with Crippen LogP contribution in [0.4, 0.5) is 4.79 Å². The van der Waals surface area contributed by atoms with Crippen LogP contribution in [-0.4, -0.2) is 65.3 Å². The van der Waals surface area contributed by atoms with Crippen LogP contribution in [0.3, 0.4) is 0 Å². The number of hydrogen-bond donors (Lipinski definition) is 2. The summed E-state index contributed by atoms with van der Waals surface area (Å²) < 4.78 is 0. The van der Waals surface area contributed by atoms with Gasteiger partial charge in [-0.05, 0) is 12.8 Å². The van der Waals surface area contributed by atoms with E-state index in [1.807, 2.05) is 4.90 Å². The summed E-state index contributed by atoms with van der Waals surface area (Å²) >= 11 is 0. The van der Waals surface area contributed by atoms with Crippen molar-refractivity contribution < 1.29 is 9.90 Å². The summed E-state index contributed by atoms with van der Waals surface area (Å²) in [6, 6.07) is 0.714. The molecule has 17 heavy (non-hydrogen) atoms. The van der Waals surface area contributed by atoms with Crippen LogP contribution in [0, 0.1) is 0 Å². The summed E-state index contributed by atoms with van der Waals surface area (Å²) in [6.45, 7) is 3.39. The maximum absolute atomic E-state index is 11.5. The van der Waals surface area contributed by atoms with Crippen LogP contribution in [0.25, 0.3) is 0 Å². The number of urea groups is 1. The van der Waals surface area contributed by atoms with Crippen molar-refractivity contribution in [2.75, 3.05) is 26.2 Å². The number of rotatable bonds is 1. The average molecular weight is 239 g/mol. The second kappa shape index (κ2) is 4.46. The monoisotopic (exact) mass is 239 g/mol. The first-order chi connectivity index (χ1) is 8.25. The predicted octanol–water partition coefficient (Wildman–Crippen LogP) is -0.000700. The largest absolute Gasteiger partial charge is 0.391 e. The van der Waals surface area contributed by atoms with Crippen molar-refractivity contribution in [3.8, 4) is 0 Å². The highest BCUT2D eigenvalue weighted by molar-refractivity contribution is 5.77. The summed E-state index contributed by atoms with van der Waals surface area (Å²) in [5, 5.41) is 13.0. The molecule has 3 atom stereocenters. The quantitative estimate of drug-likeness (QED) is 0.677. The molecule has 2 N–H and O–H groups in total. The molecule has 0 aromatic rings. The normalized spacial score (nSPS) is 39.0. The Kier molecular flexibility index (Phi) is 2.96. The van der Waals surface area contributed by atoms with Gasteiger partial charge in [-0.2, -0.15) is 0 Å². The van der Waals surface area contributed by atoms with Gasteiger partial charge in [0.2, 0.25) is 0 Å². The van der Waals surface area contributed by atoms with Crippen LogP contribution < -0.4 is 5.32 Å². The molecule has 2 heterocycles. The lowest BCUT2D eigenvalue weighted by Crippen LogP contribution is -2.57. The van der Waals surface area contributed by atoms with Crippen molar-refractivity contribution in [2.45, 2.75) is 43.9 Å². The summed E-state index contributed by atoms with van der Waals surface area (Å²) in [5.41, 5.74) is 0. The third-order valence-corrected chi connectivity index (χ3v) is 4.43. The molecule has 3 aliphatic rings. The fourth-order valence-corrected chi connectivity index (χ4v) is 3.45. The highest BCUT2D eigenvalue weighted by Crippen LogP contribution is 2.26. The first-order valence-corrected chi connectivity index (χ1v) is 6.72. The highest BCUT2D eigenvalue weighted by Gasteiger charge is 2.39. The minimum absolute atomic E-state index is 0.0823. The van der Waals surface area contributed by atoms with Gasteiger partial charge in [0.05, 0.1) is 12.1 Å². The Morgan fingerprint density at radius 1 is 1.24 bits per heavy atom. The van der Waals surface area contributed by atoms with Gasteiger partial charge in [-0.15, -0.1) is 0 Å². The Morgan fingerprint density at radius 2 is 2.06 bits per heavy atom. The Labute approximate surface area is 102 Å². The summed E-state index contributed by atoms with van der Waals surface area (Å²) in [6.07, 6.45) is 4.26. The molecular formula is C12H21N3O2. The van der Waals surface area contributed by atoms with Crippen molar-refractivity contribution in [3.05, 3.63) is 0 Å². The zero-order chi connectivity index (χ0) is 11.8. The molecule has 2 saturated heterocycles. The molecule has 0 spiro atoms. The smallest absolute Gasteiger partial charge is 0.317 e. The Hall–Kier alpha value is -0.810. The molecule has 1 aliphatic carbocycles. The average Bonchev–Trinajstić information content (AvgIpc) is 2.71. The number of nitrogens with zero attached hydrogens (tertiary/aromatic N) is 2. The van der Waals surface area contributed by atoms with Crippen molar-refractivity contribution in [1.82, 2.24) is 15.1 Å². The van der Waals surface area contributed by atoms with Crippen molar-refractivity contribution in [1.29, 1.82) is 0 Å². The van der Waals surface area contributed by atoms with Gasteiger partial charge in [0.15, 0.2) is 0 Å². The molecule has 1 saturated carbocycles. The molecule has 0 bridgehead atoms. The number of hydrogen-bond acceptors (Lipinski definition) is 3. The van der Waals surface area contributed by atoms with Crippen LogP contribution in [-0.2, 0) is 0 Å². The Bertz CT molecular complexity index is 310. The molecule has 2 aliphatic heterocycles. The van der Waals surface area contributed by atoms with Crippen LogP contribution in [0.5, 0.6) is 0 Å². The Balaban J connectivity index is 1.64. The summed E-state index contributed by atoms with van der Waals surface area (Å²) in [5.74, 6) is 0. The minimum Gasteiger partial charge on any atom is -0.391 e. The van der Waals surface area contributed by atoms with E-state index in [-0.39, 0.29) is 12.1 Å². The molecule has 0 aromatic heterocycles. The van der Waals surface area contributed by atoms with E-state index in [1.165, 1.54) is 6.42 Å². The zero-order valence-corrected chi connectivity index (χ0v) is 10.1. The maximum atomic E-state index is 11.5. The van der Waals surface area contributed by atoms with E-state index in [4.69, 9.17) is 0 Å². The molecule has 5 nitrogen and oxygen atoms in total. The molecule has 3 unspecified atom stereocenters. The lowest BCUT2D eigenvalue weighted by atomic mass is 9.90. The molecule has 3 fully saturated rings. The topological polar surface area (TPSA) is 55.8 Å².